The van der Waals surface area contributed by atoms with Crippen LogP contribution in [0.4, 0.5) is 16.1 Å². The quantitative estimate of drug-likeness (QED) is 0.421. The molecular formula is C22H17FN4O5S. The van der Waals surface area contributed by atoms with E-state index in [0.717, 1.165) is 24.3 Å². The van der Waals surface area contributed by atoms with Crippen molar-refractivity contribution in [2.75, 3.05) is 17.1 Å². The number of nitrogens with zero attached hydrogens (tertiary/aromatic N) is 2. The molecule has 0 saturated carbocycles. The summed E-state index contributed by atoms with van der Waals surface area (Å²) in [6.45, 7) is 0. The minimum absolute atomic E-state index is 0.116. The van der Waals surface area contributed by atoms with Crippen LogP contribution in [0.3, 0.4) is 0 Å². The monoisotopic (exact) mass is 468 g/mol. The Balaban J connectivity index is 1.48. The van der Waals surface area contributed by atoms with E-state index in [1.54, 1.807) is 24.3 Å². The number of amides is 1. The first-order chi connectivity index (χ1) is 15.8. The molecule has 4 rings (SSSR count). The number of rotatable bonds is 7. The molecule has 3 aromatic carbocycles. The molecule has 168 valence electrons. The van der Waals surface area contributed by atoms with Crippen LogP contribution < -0.4 is 14.8 Å². The lowest BCUT2D eigenvalue weighted by Gasteiger charge is -2.09. The van der Waals surface area contributed by atoms with Crippen LogP contribution in [0, 0.1) is 5.82 Å². The zero-order valence-corrected chi connectivity index (χ0v) is 18.0. The highest BCUT2D eigenvalue weighted by Gasteiger charge is 2.17. The van der Waals surface area contributed by atoms with Gasteiger partial charge in [-0.15, -0.1) is 5.10 Å². The summed E-state index contributed by atoms with van der Waals surface area (Å²) in [4.78, 5) is 12.5. The number of nitrogens with one attached hydrogen (secondary N) is 2. The van der Waals surface area contributed by atoms with E-state index in [-0.39, 0.29) is 28.1 Å². The molecule has 0 aliphatic heterocycles. The van der Waals surface area contributed by atoms with Crippen molar-refractivity contribution in [3.8, 4) is 17.2 Å². The summed E-state index contributed by atoms with van der Waals surface area (Å²) in [6.07, 6.45) is 0. The van der Waals surface area contributed by atoms with E-state index in [9.17, 15) is 17.6 Å². The molecule has 0 saturated heterocycles. The predicted octanol–water partition coefficient (Wildman–Crippen LogP) is 3.94. The van der Waals surface area contributed by atoms with E-state index < -0.39 is 21.7 Å². The summed E-state index contributed by atoms with van der Waals surface area (Å²) in [5.41, 5.74) is 0.907. The minimum Gasteiger partial charge on any atom is -0.497 e. The number of benzene rings is 3. The number of hydrogen-bond donors (Lipinski definition) is 2. The summed E-state index contributed by atoms with van der Waals surface area (Å²) in [5, 5.41) is 10.2. The van der Waals surface area contributed by atoms with Crippen LogP contribution in [-0.4, -0.2) is 31.6 Å². The lowest BCUT2D eigenvalue weighted by molar-refractivity contribution is 0.102. The minimum atomic E-state index is -3.96. The van der Waals surface area contributed by atoms with E-state index >= 15 is 0 Å². The first-order valence-electron chi connectivity index (χ1n) is 9.52. The smallest absolute Gasteiger partial charge is 0.322 e. The fraction of sp³-hybridized carbons (Fsp3) is 0.0455. The SMILES string of the molecule is COc1cccc(-c2nnc(NC(=O)c3cccc(NS(=O)(=O)c4ccc(F)cc4)c3)o2)c1. The van der Waals surface area contributed by atoms with Crippen molar-refractivity contribution >= 4 is 27.6 Å². The molecular weight excluding hydrogens is 451 g/mol. The van der Waals surface area contributed by atoms with Crippen molar-refractivity contribution in [2.45, 2.75) is 4.90 Å². The normalized spacial score (nSPS) is 11.1. The number of ether oxygens (including phenoxy) is 1. The van der Waals surface area contributed by atoms with Gasteiger partial charge >= 0.3 is 6.01 Å². The van der Waals surface area contributed by atoms with Gasteiger partial charge in [-0.05, 0) is 60.7 Å². The van der Waals surface area contributed by atoms with E-state index in [1.807, 2.05) is 0 Å². The Morgan fingerprint density at radius 2 is 1.76 bits per heavy atom. The number of carbonyl (C=O) groups excluding carboxylic acids is 1. The van der Waals surface area contributed by atoms with Gasteiger partial charge in [-0.3, -0.25) is 14.8 Å². The second-order valence-electron chi connectivity index (χ2n) is 6.74. The molecule has 0 aliphatic carbocycles. The van der Waals surface area contributed by atoms with Gasteiger partial charge < -0.3 is 9.15 Å². The summed E-state index contributed by atoms with van der Waals surface area (Å²) >= 11 is 0. The highest BCUT2D eigenvalue weighted by molar-refractivity contribution is 7.92. The van der Waals surface area contributed by atoms with Gasteiger partial charge in [0.2, 0.25) is 5.89 Å². The van der Waals surface area contributed by atoms with Gasteiger partial charge in [0.15, 0.2) is 0 Å². The largest absolute Gasteiger partial charge is 0.497 e. The number of aromatic nitrogens is 2. The molecule has 33 heavy (non-hydrogen) atoms. The molecule has 0 unspecified atom stereocenters. The van der Waals surface area contributed by atoms with Crippen LogP contribution in [0.5, 0.6) is 5.75 Å². The number of carbonyl (C=O) groups is 1. The molecule has 0 atom stereocenters. The van der Waals surface area contributed by atoms with Gasteiger partial charge in [-0.2, -0.15) is 0 Å². The first-order valence-corrected chi connectivity index (χ1v) is 11.0. The number of anilines is 2. The molecule has 1 heterocycles. The van der Waals surface area contributed by atoms with Crippen LogP contribution in [-0.2, 0) is 10.0 Å². The molecule has 0 bridgehead atoms. The summed E-state index contributed by atoms with van der Waals surface area (Å²) in [5.74, 6) is -0.344. The molecule has 0 radical (unpaired) electrons. The van der Waals surface area contributed by atoms with E-state index in [1.165, 1.54) is 31.4 Å². The van der Waals surface area contributed by atoms with Gasteiger partial charge in [-0.25, -0.2) is 12.8 Å². The average Bonchev–Trinajstić information content (AvgIpc) is 3.28. The van der Waals surface area contributed by atoms with Crippen molar-refractivity contribution in [1.29, 1.82) is 0 Å². The van der Waals surface area contributed by atoms with Crippen LogP contribution in [0.15, 0.2) is 82.1 Å². The third-order valence-electron chi connectivity index (χ3n) is 4.46. The highest BCUT2D eigenvalue weighted by Crippen LogP contribution is 2.24. The van der Waals surface area contributed by atoms with Crippen LogP contribution in [0.1, 0.15) is 10.4 Å². The second-order valence-corrected chi connectivity index (χ2v) is 8.42. The van der Waals surface area contributed by atoms with Crippen molar-refractivity contribution in [1.82, 2.24) is 10.2 Å². The Morgan fingerprint density at radius 1 is 1.00 bits per heavy atom. The Morgan fingerprint density at radius 3 is 2.52 bits per heavy atom. The van der Waals surface area contributed by atoms with E-state index in [0.29, 0.717) is 11.3 Å². The number of hydrogen-bond acceptors (Lipinski definition) is 7. The van der Waals surface area contributed by atoms with Crippen molar-refractivity contribution in [3.05, 3.63) is 84.2 Å². The molecule has 1 amide bonds. The number of sulfonamides is 1. The average molecular weight is 468 g/mol. The Hall–Kier alpha value is -4.25. The zero-order chi connectivity index (χ0) is 23.4. The molecule has 4 aromatic rings. The number of halogens is 1. The molecule has 1 aromatic heterocycles. The lowest BCUT2D eigenvalue weighted by Crippen LogP contribution is -2.15. The van der Waals surface area contributed by atoms with Crippen molar-refractivity contribution < 1.29 is 26.8 Å². The fourth-order valence-corrected chi connectivity index (χ4v) is 3.92. The van der Waals surface area contributed by atoms with Crippen LogP contribution in [0.2, 0.25) is 0 Å². The summed E-state index contributed by atoms with van der Waals surface area (Å²) in [6, 6.07) is 17.0. The lowest BCUT2D eigenvalue weighted by atomic mass is 10.2. The third-order valence-corrected chi connectivity index (χ3v) is 5.86. The van der Waals surface area contributed by atoms with E-state index in [2.05, 4.69) is 20.2 Å². The summed E-state index contributed by atoms with van der Waals surface area (Å²) < 4.78 is 51.1. The fourth-order valence-electron chi connectivity index (χ4n) is 2.87. The molecule has 0 spiro atoms. The standard InChI is InChI=1S/C22H17FN4O5S/c1-31-18-7-3-5-15(13-18)21-25-26-22(32-21)24-20(28)14-4-2-6-17(12-14)27-33(29,30)19-10-8-16(23)9-11-19/h2-13,27H,1H3,(H,24,26,28). The number of methoxy groups -OCH3 is 1. The van der Waals surface area contributed by atoms with Crippen molar-refractivity contribution in [2.24, 2.45) is 0 Å². The topological polar surface area (TPSA) is 123 Å². The zero-order valence-electron chi connectivity index (χ0n) is 17.2. The second kappa shape index (κ2) is 9.09. The van der Waals surface area contributed by atoms with Crippen molar-refractivity contribution in [3.63, 3.8) is 0 Å². The molecule has 11 heteroatoms. The molecule has 2 N–H and O–H groups in total. The van der Waals surface area contributed by atoms with Crippen LogP contribution in [0.25, 0.3) is 11.5 Å². The third kappa shape index (κ3) is 5.15. The van der Waals surface area contributed by atoms with Gasteiger partial charge in [0.05, 0.1) is 12.0 Å². The van der Waals surface area contributed by atoms with Gasteiger partial charge in [0.25, 0.3) is 15.9 Å². The first kappa shape index (κ1) is 22.0. The maximum atomic E-state index is 13.1. The maximum Gasteiger partial charge on any atom is 0.322 e. The van der Waals surface area contributed by atoms with Gasteiger partial charge in [0, 0.05) is 16.8 Å². The Labute approximate surface area is 188 Å². The highest BCUT2D eigenvalue weighted by atomic mass is 32.2. The maximum absolute atomic E-state index is 13.1. The van der Waals surface area contributed by atoms with E-state index in [4.69, 9.17) is 9.15 Å². The molecule has 9 nitrogen and oxygen atoms in total. The predicted molar refractivity (Wildman–Crippen MR) is 118 cm³/mol. The van der Waals surface area contributed by atoms with Gasteiger partial charge in [0.1, 0.15) is 11.6 Å². The van der Waals surface area contributed by atoms with Gasteiger partial charge in [-0.1, -0.05) is 17.2 Å². The Bertz CT molecular complexity index is 1400. The molecule has 0 fully saturated rings. The molecule has 0 aliphatic rings. The van der Waals surface area contributed by atoms with Crippen LogP contribution >= 0.6 is 0 Å². The summed E-state index contributed by atoms with van der Waals surface area (Å²) in [7, 11) is -2.43. The Kier molecular flexibility index (Phi) is 6.05.